The van der Waals surface area contributed by atoms with Crippen molar-refractivity contribution in [3.63, 3.8) is 0 Å². The Balaban J connectivity index is 2.88. The number of halogens is 5. The van der Waals surface area contributed by atoms with Crippen molar-refractivity contribution in [2.75, 3.05) is 6.61 Å². The van der Waals surface area contributed by atoms with E-state index in [2.05, 4.69) is 4.74 Å². The van der Waals surface area contributed by atoms with E-state index in [-0.39, 0.29) is 0 Å². The fourth-order valence-electron chi connectivity index (χ4n) is 0.874. The van der Waals surface area contributed by atoms with E-state index in [0.717, 1.165) is 0 Å². The van der Waals surface area contributed by atoms with Crippen LogP contribution in [0, 0.1) is 0 Å². The maximum atomic E-state index is 12.7. The van der Waals surface area contributed by atoms with Gasteiger partial charge in [-0.25, -0.2) is 9.18 Å². The highest BCUT2D eigenvalue weighted by Crippen LogP contribution is 2.68. The van der Waals surface area contributed by atoms with Crippen molar-refractivity contribution in [1.82, 2.24) is 0 Å². The first kappa shape index (κ1) is 10.2. The molecule has 0 aromatic rings. The zero-order valence-electron chi connectivity index (χ0n) is 6.41. The van der Waals surface area contributed by atoms with Gasteiger partial charge in [-0.3, -0.25) is 0 Å². The molecule has 0 atom stereocenters. The van der Waals surface area contributed by atoms with Gasteiger partial charge in [0.05, 0.1) is 6.61 Å². The molecule has 0 N–H and O–H groups in total. The Hall–Kier alpha value is -0.880. The zero-order chi connectivity index (χ0) is 10.5. The monoisotopic (exact) mass is 204 g/mol. The van der Waals surface area contributed by atoms with Crippen molar-refractivity contribution >= 4 is 5.97 Å². The second-order valence-corrected chi connectivity index (χ2v) is 2.53. The predicted octanol–water partition coefficient (Wildman–Crippen LogP) is 1.54. The molecule has 76 valence electrons. The molecule has 1 fully saturated rings. The number of hydrogen-bond acceptors (Lipinski definition) is 2. The molecule has 0 bridgehead atoms. The Labute approximate surface area is 69.7 Å². The standard InChI is InChI=1S/C6H5F5O2/c1-2-13-3(12)4(7)5(8,9)6(4,10)11/h2H2,1H3. The second-order valence-electron chi connectivity index (χ2n) is 2.53. The van der Waals surface area contributed by atoms with Gasteiger partial charge < -0.3 is 4.74 Å². The lowest BCUT2D eigenvalue weighted by atomic mass is 10.3. The van der Waals surface area contributed by atoms with Gasteiger partial charge in [-0.1, -0.05) is 0 Å². The molecule has 7 heteroatoms. The molecule has 0 aromatic carbocycles. The van der Waals surface area contributed by atoms with E-state index in [1.807, 2.05) is 0 Å². The van der Waals surface area contributed by atoms with Crippen molar-refractivity contribution < 1.29 is 31.5 Å². The minimum atomic E-state index is -4.95. The molecule has 1 aliphatic rings. The van der Waals surface area contributed by atoms with E-state index in [9.17, 15) is 26.7 Å². The van der Waals surface area contributed by atoms with Gasteiger partial charge in [-0.15, -0.1) is 0 Å². The van der Waals surface area contributed by atoms with Crippen LogP contribution in [0.4, 0.5) is 22.0 Å². The molecule has 0 radical (unpaired) electrons. The Morgan fingerprint density at radius 3 is 1.77 bits per heavy atom. The number of hydrogen-bond donors (Lipinski definition) is 0. The van der Waals surface area contributed by atoms with E-state index in [4.69, 9.17) is 0 Å². The van der Waals surface area contributed by atoms with Gasteiger partial charge in [-0.2, -0.15) is 17.6 Å². The number of rotatable bonds is 2. The van der Waals surface area contributed by atoms with Gasteiger partial charge in [0.2, 0.25) is 0 Å². The number of carbonyl (C=O) groups excluding carboxylic acids is 1. The second kappa shape index (κ2) is 2.33. The third-order valence-corrected chi connectivity index (χ3v) is 1.75. The summed E-state index contributed by atoms with van der Waals surface area (Å²) < 4.78 is 64.9. The summed E-state index contributed by atoms with van der Waals surface area (Å²) in [5.41, 5.74) is -4.48. The first-order valence-electron chi connectivity index (χ1n) is 3.35. The van der Waals surface area contributed by atoms with Crippen molar-refractivity contribution in [3.05, 3.63) is 0 Å². The van der Waals surface area contributed by atoms with E-state index in [0.29, 0.717) is 0 Å². The highest BCUT2D eigenvalue weighted by Gasteiger charge is 3.03. The van der Waals surface area contributed by atoms with Crippen molar-refractivity contribution in [2.24, 2.45) is 0 Å². The van der Waals surface area contributed by atoms with Crippen LogP contribution in [0.1, 0.15) is 6.92 Å². The highest BCUT2D eigenvalue weighted by molar-refractivity contribution is 5.88. The molecular formula is C6H5F5O2. The lowest BCUT2D eigenvalue weighted by Gasteiger charge is -2.03. The van der Waals surface area contributed by atoms with Crippen LogP contribution in [-0.4, -0.2) is 30.1 Å². The minimum absolute atomic E-state index is 0.434. The van der Waals surface area contributed by atoms with Gasteiger partial charge in [-0.05, 0) is 6.92 Å². The molecule has 0 heterocycles. The van der Waals surface area contributed by atoms with Gasteiger partial charge in [0.1, 0.15) is 0 Å². The molecule has 2 nitrogen and oxygen atoms in total. The van der Waals surface area contributed by atoms with Gasteiger partial charge in [0.25, 0.3) is 0 Å². The molecule has 0 amide bonds. The van der Waals surface area contributed by atoms with Crippen molar-refractivity contribution in [2.45, 2.75) is 24.4 Å². The molecule has 1 aliphatic carbocycles. The Morgan fingerprint density at radius 2 is 1.54 bits per heavy atom. The van der Waals surface area contributed by atoms with Crippen LogP contribution in [0.2, 0.25) is 0 Å². The SMILES string of the molecule is CCOC(=O)C1(F)C(F)(F)C1(F)F. The van der Waals surface area contributed by atoms with E-state index in [1.165, 1.54) is 6.92 Å². The van der Waals surface area contributed by atoms with Crippen LogP contribution in [0.25, 0.3) is 0 Å². The fourth-order valence-corrected chi connectivity index (χ4v) is 0.874. The Morgan fingerprint density at radius 1 is 1.15 bits per heavy atom. The summed E-state index contributed by atoms with van der Waals surface area (Å²) in [5.74, 6) is -12.1. The van der Waals surface area contributed by atoms with Crippen LogP contribution < -0.4 is 0 Å². The van der Waals surface area contributed by atoms with Gasteiger partial charge in [0.15, 0.2) is 0 Å². The zero-order valence-corrected chi connectivity index (χ0v) is 6.41. The fraction of sp³-hybridized carbons (Fsp3) is 0.833. The number of carbonyl (C=O) groups is 1. The third kappa shape index (κ3) is 0.843. The van der Waals surface area contributed by atoms with Crippen LogP contribution in [0.5, 0.6) is 0 Å². The molecule has 1 saturated carbocycles. The molecule has 1 rings (SSSR count). The maximum absolute atomic E-state index is 12.7. The molecule has 0 spiro atoms. The number of alkyl halides is 5. The van der Waals surface area contributed by atoms with Crippen LogP contribution in [0.3, 0.4) is 0 Å². The Kier molecular flexibility index (Phi) is 1.83. The van der Waals surface area contributed by atoms with Crippen molar-refractivity contribution in [3.8, 4) is 0 Å². The Bertz CT molecular complexity index is 235. The minimum Gasteiger partial charge on any atom is -0.463 e. The molecular weight excluding hydrogens is 199 g/mol. The van der Waals surface area contributed by atoms with Gasteiger partial charge in [0, 0.05) is 0 Å². The summed E-state index contributed by atoms with van der Waals surface area (Å²) in [7, 11) is 0. The predicted molar refractivity (Wildman–Crippen MR) is 30.4 cm³/mol. The molecule has 0 unspecified atom stereocenters. The van der Waals surface area contributed by atoms with Crippen LogP contribution in [-0.2, 0) is 9.53 Å². The highest BCUT2D eigenvalue weighted by atomic mass is 19.3. The molecule has 0 aliphatic heterocycles. The molecule has 0 saturated heterocycles. The summed E-state index contributed by atoms with van der Waals surface area (Å²) in [5, 5.41) is 0. The first-order valence-corrected chi connectivity index (χ1v) is 3.35. The molecule has 13 heavy (non-hydrogen) atoms. The summed E-state index contributed by atoms with van der Waals surface area (Å²) in [6.45, 7) is 0.761. The summed E-state index contributed by atoms with van der Waals surface area (Å²) in [6, 6.07) is 0. The quantitative estimate of drug-likeness (QED) is 0.503. The normalized spacial score (nSPS) is 26.6. The average Bonchev–Trinajstić information content (AvgIpc) is 2.31. The maximum Gasteiger partial charge on any atom is 0.364 e. The average molecular weight is 204 g/mol. The van der Waals surface area contributed by atoms with Crippen LogP contribution in [0.15, 0.2) is 0 Å². The van der Waals surface area contributed by atoms with E-state index in [1.54, 1.807) is 0 Å². The third-order valence-electron chi connectivity index (χ3n) is 1.75. The lowest BCUT2D eigenvalue weighted by molar-refractivity contribution is -0.157. The van der Waals surface area contributed by atoms with Crippen molar-refractivity contribution in [1.29, 1.82) is 0 Å². The largest absolute Gasteiger partial charge is 0.463 e. The molecule has 0 aromatic heterocycles. The first-order chi connectivity index (χ1) is 5.73. The van der Waals surface area contributed by atoms with E-state index < -0.39 is 30.1 Å². The summed E-state index contributed by atoms with van der Waals surface area (Å²) in [4.78, 5) is 10.4. The summed E-state index contributed by atoms with van der Waals surface area (Å²) >= 11 is 0. The summed E-state index contributed by atoms with van der Waals surface area (Å²) in [6.07, 6.45) is 0. The topological polar surface area (TPSA) is 26.3 Å². The van der Waals surface area contributed by atoms with E-state index >= 15 is 0 Å². The van der Waals surface area contributed by atoms with Crippen LogP contribution >= 0.6 is 0 Å². The smallest absolute Gasteiger partial charge is 0.364 e. The number of esters is 1. The van der Waals surface area contributed by atoms with Gasteiger partial charge >= 0.3 is 23.5 Å². The number of ether oxygens (including phenoxy) is 1. The lowest BCUT2D eigenvalue weighted by Crippen LogP contribution is -2.29.